The van der Waals surface area contributed by atoms with Crippen LogP contribution >= 0.6 is 11.8 Å². The van der Waals surface area contributed by atoms with E-state index in [1.54, 1.807) is 11.8 Å². The summed E-state index contributed by atoms with van der Waals surface area (Å²) in [5, 5.41) is 17.2. The van der Waals surface area contributed by atoms with Crippen molar-refractivity contribution in [1.82, 2.24) is 0 Å². The molecule has 33 heavy (non-hydrogen) atoms. The van der Waals surface area contributed by atoms with Gasteiger partial charge >= 0.3 is 0 Å². The van der Waals surface area contributed by atoms with Crippen LogP contribution in [-0.2, 0) is 18.9 Å². The van der Waals surface area contributed by atoms with Crippen LogP contribution in [0.4, 0.5) is 0 Å². The van der Waals surface area contributed by atoms with Crippen LogP contribution in [0.1, 0.15) is 0 Å². The molecule has 184 valence electrons. The van der Waals surface area contributed by atoms with E-state index in [4.69, 9.17) is 38.6 Å². The van der Waals surface area contributed by atoms with E-state index in [0.29, 0.717) is 66.1 Å². The van der Waals surface area contributed by atoms with E-state index in [1.807, 2.05) is 48.5 Å². The Labute approximate surface area is 199 Å². The number of aliphatic hydroxyl groups is 2. The van der Waals surface area contributed by atoms with E-state index in [9.17, 15) is 0 Å². The van der Waals surface area contributed by atoms with Gasteiger partial charge in [0.25, 0.3) is 0 Å². The van der Waals surface area contributed by atoms with Crippen molar-refractivity contribution in [2.75, 3.05) is 79.3 Å². The second-order valence-corrected chi connectivity index (χ2v) is 7.79. The predicted octanol–water partition coefficient (Wildman–Crippen LogP) is 2.65. The molecule has 0 aromatic heterocycles. The molecule has 0 spiro atoms. The highest BCUT2D eigenvalue weighted by molar-refractivity contribution is 7.99. The molecule has 2 aromatic rings. The normalized spacial score (nSPS) is 11.0. The topological polar surface area (TPSA) is 95.8 Å². The minimum absolute atomic E-state index is 0.0257. The molecular weight excluding hydrogens is 448 g/mol. The molecule has 0 fully saturated rings. The van der Waals surface area contributed by atoms with Crippen molar-refractivity contribution < 1.29 is 38.6 Å². The second-order valence-electron chi connectivity index (χ2n) is 6.64. The van der Waals surface area contributed by atoms with Gasteiger partial charge in [-0.15, -0.1) is 0 Å². The zero-order valence-corrected chi connectivity index (χ0v) is 19.7. The first-order chi connectivity index (χ1) is 16.3. The molecule has 8 nitrogen and oxygen atoms in total. The first-order valence-corrected chi connectivity index (χ1v) is 11.8. The lowest BCUT2D eigenvalue weighted by molar-refractivity contribution is 0.0247. The first kappa shape index (κ1) is 27.4. The van der Waals surface area contributed by atoms with Crippen LogP contribution in [0.2, 0.25) is 0 Å². The molecule has 0 atom stereocenters. The Morgan fingerprint density at radius 1 is 0.455 bits per heavy atom. The fraction of sp³-hybridized carbons (Fsp3) is 0.500. The van der Waals surface area contributed by atoms with Crippen molar-refractivity contribution in [2.24, 2.45) is 0 Å². The molecule has 0 unspecified atom stereocenters. The maximum absolute atomic E-state index is 8.61. The molecule has 0 radical (unpaired) electrons. The molecule has 0 saturated heterocycles. The maximum atomic E-state index is 8.61. The summed E-state index contributed by atoms with van der Waals surface area (Å²) in [4.78, 5) is 2.23. The van der Waals surface area contributed by atoms with Crippen LogP contribution < -0.4 is 9.47 Å². The van der Waals surface area contributed by atoms with Crippen LogP contribution in [0, 0.1) is 0 Å². The third-order valence-electron chi connectivity index (χ3n) is 4.09. The Morgan fingerprint density at radius 2 is 0.788 bits per heavy atom. The molecule has 0 aliphatic rings. The number of hydrogen-bond acceptors (Lipinski definition) is 9. The fourth-order valence-electron chi connectivity index (χ4n) is 2.55. The van der Waals surface area contributed by atoms with Gasteiger partial charge in [0, 0.05) is 9.79 Å². The van der Waals surface area contributed by atoms with Gasteiger partial charge in [-0.05, 0) is 48.5 Å². The summed E-state index contributed by atoms with van der Waals surface area (Å²) >= 11 is 1.66. The molecule has 2 aromatic carbocycles. The number of ether oxygens (including phenoxy) is 6. The zero-order valence-electron chi connectivity index (χ0n) is 18.9. The van der Waals surface area contributed by atoms with Crippen LogP contribution in [0.5, 0.6) is 11.5 Å². The van der Waals surface area contributed by atoms with E-state index in [2.05, 4.69) is 0 Å². The van der Waals surface area contributed by atoms with Crippen LogP contribution in [0.15, 0.2) is 58.3 Å². The average Bonchev–Trinajstić information content (AvgIpc) is 2.84. The van der Waals surface area contributed by atoms with Crippen LogP contribution in [0.25, 0.3) is 0 Å². The number of benzene rings is 2. The van der Waals surface area contributed by atoms with Crippen molar-refractivity contribution in [3.8, 4) is 11.5 Å². The van der Waals surface area contributed by atoms with Crippen LogP contribution in [0.3, 0.4) is 0 Å². The van der Waals surface area contributed by atoms with Gasteiger partial charge in [0.2, 0.25) is 0 Å². The molecule has 2 N–H and O–H groups in total. The molecule has 0 bridgehead atoms. The summed E-state index contributed by atoms with van der Waals surface area (Å²) in [5.74, 6) is 1.59. The van der Waals surface area contributed by atoms with Crippen molar-refractivity contribution in [3.05, 3.63) is 48.5 Å². The van der Waals surface area contributed by atoms with Crippen molar-refractivity contribution in [3.63, 3.8) is 0 Å². The summed E-state index contributed by atoms with van der Waals surface area (Å²) in [6.45, 7) is 4.53. The Kier molecular flexibility index (Phi) is 15.4. The van der Waals surface area contributed by atoms with Gasteiger partial charge < -0.3 is 38.6 Å². The summed E-state index contributed by atoms with van der Waals surface area (Å²) in [5.41, 5.74) is 0. The van der Waals surface area contributed by atoms with Crippen molar-refractivity contribution in [1.29, 1.82) is 0 Å². The quantitative estimate of drug-likeness (QED) is 0.276. The Morgan fingerprint density at radius 3 is 1.15 bits per heavy atom. The smallest absolute Gasteiger partial charge is 0.119 e. The Hall–Kier alpha value is -1.85. The lowest BCUT2D eigenvalue weighted by atomic mass is 10.3. The summed E-state index contributed by atoms with van der Waals surface area (Å²) in [6.07, 6.45) is 0. The highest BCUT2D eigenvalue weighted by Crippen LogP contribution is 2.30. The van der Waals surface area contributed by atoms with E-state index in [-0.39, 0.29) is 13.2 Å². The van der Waals surface area contributed by atoms with Gasteiger partial charge in [0.05, 0.1) is 66.1 Å². The fourth-order valence-corrected chi connectivity index (χ4v) is 3.37. The van der Waals surface area contributed by atoms with Gasteiger partial charge in [-0.25, -0.2) is 0 Å². The molecule has 0 saturated carbocycles. The highest BCUT2D eigenvalue weighted by Gasteiger charge is 2.01. The molecule has 0 heterocycles. The lowest BCUT2D eigenvalue weighted by Crippen LogP contribution is -2.11. The van der Waals surface area contributed by atoms with E-state index >= 15 is 0 Å². The van der Waals surface area contributed by atoms with Gasteiger partial charge in [-0.1, -0.05) is 11.8 Å². The number of hydrogen-bond donors (Lipinski definition) is 2. The van der Waals surface area contributed by atoms with Gasteiger partial charge in [0.1, 0.15) is 24.7 Å². The molecular formula is C24H34O8S. The average molecular weight is 483 g/mol. The molecule has 2 rings (SSSR count). The van der Waals surface area contributed by atoms with Gasteiger partial charge in [0.15, 0.2) is 0 Å². The third kappa shape index (κ3) is 13.4. The van der Waals surface area contributed by atoms with Crippen molar-refractivity contribution in [2.45, 2.75) is 9.79 Å². The number of rotatable bonds is 20. The molecule has 0 aliphatic heterocycles. The van der Waals surface area contributed by atoms with Crippen molar-refractivity contribution >= 4 is 11.8 Å². The predicted molar refractivity (Wildman–Crippen MR) is 125 cm³/mol. The number of aliphatic hydroxyl groups excluding tert-OH is 2. The Bertz CT molecular complexity index is 650. The van der Waals surface area contributed by atoms with Gasteiger partial charge in [-0.2, -0.15) is 0 Å². The summed E-state index contributed by atoms with van der Waals surface area (Å²) < 4.78 is 32.4. The lowest BCUT2D eigenvalue weighted by Gasteiger charge is -2.09. The second kappa shape index (κ2) is 18.6. The van der Waals surface area contributed by atoms with Gasteiger partial charge in [-0.3, -0.25) is 0 Å². The SMILES string of the molecule is OCCOCCOCCOc1ccc(Sc2ccc(OCCOCCOCCO)cc2)cc1. The van der Waals surface area contributed by atoms with E-state index < -0.39 is 0 Å². The first-order valence-electron chi connectivity index (χ1n) is 11.0. The molecule has 0 amide bonds. The summed E-state index contributed by atoms with van der Waals surface area (Å²) in [7, 11) is 0. The standard InChI is InChI=1S/C24H34O8S/c25-9-11-27-13-15-29-17-19-31-21-1-5-23(6-2-21)33-24-7-3-22(4-8-24)32-20-18-30-16-14-28-12-10-26/h1-8,25-26H,9-20H2. The van der Waals surface area contributed by atoms with E-state index in [1.165, 1.54) is 0 Å². The minimum atomic E-state index is 0.0257. The largest absolute Gasteiger partial charge is 0.491 e. The van der Waals surface area contributed by atoms with Crippen LogP contribution in [-0.4, -0.2) is 89.5 Å². The molecule has 0 aliphatic carbocycles. The monoisotopic (exact) mass is 482 g/mol. The van der Waals surface area contributed by atoms with E-state index in [0.717, 1.165) is 21.3 Å². The molecule has 9 heteroatoms. The minimum Gasteiger partial charge on any atom is -0.491 e. The Balaban J connectivity index is 1.57. The summed E-state index contributed by atoms with van der Waals surface area (Å²) in [6, 6.07) is 15.9. The highest BCUT2D eigenvalue weighted by atomic mass is 32.2. The zero-order chi connectivity index (χ0) is 23.4. The maximum Gasteiger partial charge on any atom is 0.119 e. The third-order valence-corrected chi connectivity index (χ3v) is 5.11.